The number of nitrogens with zero attached hydrogens (tertiary/aromatic N) is 3. The third-order valence-corrected chi connectivity index (χ3v) is 4.95. The molecule has 2 amide bonds. The molecule has 7 nitrogen and oxygen atoms in total. The van der Waals surface area contributed by atoms with Crippen LogP contribution in [0.1, 0.15) is 47.8 Å². The van der Waals surface area contributed by atoms with Gasteiger partial charge in [-0.15, -0.1) is 0 Å². The summed E-state index contributed by atoms with van der Waals surface area (Å²) in [4.78, 5) is 42.1. The molecule has 1 aliphatic rings. The number of hydrogen-bond donors (Lipinski definition) is 1. The number of Topliss-reactive ketones (excluding diaryl/α,β-unsaturated/α-hetero) is 1. The molecule has 1 saturated heterocycles. The molecule has 1 fully saturated rings. The quantitative estimate of drug-likeness (QED) is 0.735. The number of carbonyl (C=O) groups excluding carboxylic acids is 3. The summed E-state index contributed by atoms with van der Waals surface area (Å²) < 4.78 is 14.7. The van der Waals surface area contributed by atoms with Crippen LogP contribution in [0.15, 0.2) is 36.7 Å². The summed E-state index contributed by atoms with van der Waals surface area (Å²) in [6, 6.07) is 5.33. The van der Waals surface area contributed by atoms with Gasteiger partial charge in [0.25, 0.3) is 0 Å². The van der Waals surface area contributed by atoms with Gasteiger partial charge < -0.3 is 15.2 Å². The van der Waals surface area contributed by atoms with E-state index in [1.54, 1.807) is 21.9 Å². The van der Waals surface area contributed by atoms with E-state index in [-0.39, 0.29) is 37.0 Å². The molecule has 8 heteroatoms. The van der Waals surface area contributed by atoms with Crippen LogP contribution in [0, 0.1) is 5.82 Å². The van der Waals surface area contributed by atoms with Crippen molar-refractivity contribution < 1.29 is 18.8 Å². The Labute approximate surface area is 162 Å². The number of aromatic nitrogens is 2. The van der Waals surface area contributed by atoms with Crippen LogP contribution in [0.5, 0.6) is 0 Å². The van der Waals surface area contributed by atoms with Crippen molar-refractivity contribution in [3.63, 3.8) is 0 Å². The van der Waals surface area contributed by atoms with Crippen molar-refractivity contribution >= 4 is 17.6 Å². The van der Waals surface area contributed by atoms with Gasteiger partial charge in [0.15, 0.2) is 5.78 Å². The smallest absolute Gasteiger partial charge is 0.237 e. The van der Waals surface area contributed by atoms with Gasteiger partial charge in [-0.2, -0.15) is 0 Å². The number of amides is 2. The molecule has 0 bridgehead atoms. The highest BCUT2D eigenvalue weighted by Gasteiger charge is 2.27. The molecule has 0 aliphatic carbocycles. The lowest BCUT2D eigenvalue weighted by Gasteiger charge is -2.32. The number of likely N-dealkylation sites (tertiary alicyclic amines) is 1. The zero-order chi connectivity index (χ0) is 20.1. The number of nitrogens with two attached hydrogens (primary N) is 1. The monoisotopic (exact) mass is 386 g/mol. The number of rotatable bonds is 7. The van der Waals surface area contributed by atoms with E-state index in [0.717, 1.165) is 18.7 Å². The van der Waals surface area contributed by atoms with Crippen molar-refractivity contribution in [2.24, 2.45) is 5.73 Å². The lowest BCUT2D eigenvalue weighted by molar-refractivity contribution is -0.132. The summed E-state index contributed by atoms with van der Waals surface area (Å²) in [5.41, 5.74) is 5.68. The van der Waals surface area contributed by atoms with Gasteiger partial charge in [0.1, 0.15) is 18.2 Å². The van der Waals surface area contributed by atoms with Crippen molar-refractivity contribution in [3.8, 4) is 0 Å². The Hall–Kier alpha value is -3.03. The van der Waals surface area contributed by atoms with E-state index in [4.69, 9.17) is 5.73 Å². The lowest BCUT2D eigenvalue weighted by atomic mass is 9.96. The number of hydrogen-bond acceptors (Lipinski definition) is 4. The van der Waals surface area contributed by atoms with Crippen LogP contribution in [-0.4, -0.2) is 45.1 Å². The minimum absolute atomic E-state index is 0.0276. The first-order chi connectivity index (χ1) is 13.4. The van der Waals surface area contributed by atoms with E-state index in [1.165, 1.54) is 24.3 Å². The number of benzene rings is 1. The second kappa shape index (κ2) is 8.77. The van der Waals surface area contributed by atoms with Crippen LogP contribution in [0.3, 0.4) is 0 Å². The maximum atomic E-state index is 13.0. The molecular formula is C20H23FN4O3. The highest BCUT2D eigenvalue weighted by Crippen LogP contribution is 2.26. The number of carbonyl (C=O) groups is 3. The highest BCUT2D eigenvalue weighted by atomic mass is 19.1. The Balaban J connectivity index is 1.57. The molecule has 1 atom stereocenters. The predicted molar refractivity (Wildman–Crippen MR) is 99.9 cm³/mol. The molecule has 0 spiro atoms. The van der Waals surface area contributed by atoms with Crippen molar-refractivity contribution in [3.05, 3.63) is 53.9 Å². The van der Waals surface area contributed by atoms with E-state index in [9.17, 15) is 18.8 Å². The third-order valence-electron chi connectivity index (χ3n) is 4.95. The fraction of sp³-hybridized carbons (Fsp3) is 0.400. The molecule has 1 aromatic carbocycles. The van der Waals surface area contributed by atoms with Crippen molar-refractivity contribution in [1.82, 2.24) is 14.5 Å². The first-order valence-corrected chi connectivity index (χ1v) is 9.30. The van der Waals surface area contributed by atoms with E-state index in [2.05, 4.69) is 4.98 Å². The van der Waals surface area contributed by atoms with Crippen LogP contribution in [-0.2, 0) is 16.1 Å². The predicted octanol–water partition coefficient (Wildman–Crippen LogP) is 1.88. The van der Waals surface area contributed by atoms with Crippen LogP contribution in [0.4, 0.5) is 4.39 Å². The lowest BCUT2D eigenvalue weighted by Crippen LogP contribution is -2.40. The second-order valence-corrected chi connectivity index (χ2v) is 6.99. The van der Waals surface area contributed by atoms with E-state index >= 15 is 0 Å². The SMILES string of the molecule is NC(=O)Cn1ccnc1[C@@H]1CCCN(C(=O)CCC(=O)c2ccc(F)cc2)C1. The fourth-order valence-corrected chi connectivity index (χ4v) is 3.56. The molecule has 3 rings (SSSR count). The van der Waals surface area contributed by atoms with Gasteiger partial charge in [-0.1, -0.05) is 0 Å². The summed E-state index contributed by atoms with van der Waals surface area (Å²) in [6.45, 7) is 1.20. The summed E-state index contributed by atoms with van der Waals surface area (Å²) in [5, 5.41) is 0. The minimum atomic E-state index is -0.442. The maximum absolute atomic E-state index is 13.0. The first-order valence-electron chi connectivity index (χ1n) is 9.30. The summed E-state index contributed by atoms with van der Waals surface area (Å²) in [6.07, 6.45) is 5.23. The van der Waals surface area contributed by atoms with E-state index < -0.39 is 11.7 Å². The zero-order valence-electron chi connectivity index (χ0n) is 15.5. The average Bonchev–Trinajstić information content (AvgIpc) is 3.14. The number of imidazole rings is 1. The average molecular weight is 386 g/mol. The molecule has 0 saturated carbocycles. The van der Waals surface area contributed by atoms with Crippen molar-refractivity contribution in [2.45, 2.75) is 38.1 Å². The van der Waals surface area contributed by atoms with Gasteiger partial charge in [-0.3, -0.25) is 14.4 Å². The molecule has 2 heterocycles. The van der Waals surface area contributed by atoms with Crippen molar-refractivity contribution in [1.29, 1.82) is 0 Å². The Morgan fingerprint density at radius 1 is 1.18 bits per heavy atom. The number of primary amides is 1. The molecule has 0 unspecified atom stereocenters. The van der Waals surface area contributed by atoms with Gasteiger partial charge >= 0.3 is 0 Å². The molecule has 1 aliphatic heterocycles. The molecule has 2 aromatic rings. The Morgan fingerprint density at radius 2 is 1.93 bits per heavy atom. The van der Waals surface area contributed by atoms with Gasteiger partial charge in [0.2, 0.25) is 11.8 Å². The summed E-state index contributed by atoms with van der Waals surface area (Å²) in [7, 11) is 0. The highest BCUT2D eigenvalue weighted by molar-refractivity contribution is 5.97. The summed E-state index contributed by atoms with van der Waals surface area (Å²) in [5.74, 6) is -0.338. The number of halogens is 1. The maximum Gasteiger partial charge on any atom is 0.237 e. The minimum Gasteiger partial charge on any atom is -0.368 e. The summed E-state index contributed by atoms with van der Waals surface area (Å²) >= 11 is 0. The third kappa shape index (κ3) is 4.82. The second-order valence-electron chi connectivity index (χ2n) is 6.99. The fourth-order valence-electron chi connectivity index (χ4n) is 3.56. The molecule has 2 N–H and O–H groups in total. The Kier molecular flexibility index (Phi) is 6.18. The van der Waals surface area contributed by atoms with Gasteiger partial charge in [-0.25, -0.2) is 9.37 Å². The van der Waals surface area contributed by atoms with Gasteiger partial charge in [0, 0.05) is 49.8 Å². The topological polar surface area (TPSA) is 98.3 Å². The molecule has 28 heavy (non-hydrogen) atoms. The van der Waals surface area contributed by atoms with Gasteiger partial charge in [-0.05, 0) is 37.1 Å². The molecular weight excluding hydrogens is 363 g/mol. The molecule has 1 aromatic heterocycles. The Bertz CT molecular complexity index is 863. The molecule has 148 valence electrons. The van der Waals surface area contributed by atoms with Crippen LogP contribution in [0.25, 0.3) is 0 Å². The molecule has 0 radical (unpaired) electrons. The zero-order valence-corrected chi connectivity index (χ0v) is 15.5. The standard InChI is InChI=1S/C20H23FN4O3/c21-16-5-3-14(4-6-16)17(26)7-8-19(28)24-10-1-2-15(12-24)20-23-9-11-25(20)13-18(22)27/h3-6,9,11,15H,1-2,7-8,10,12-13H2,(H2,22,27)/t15-/m1/s1. The van der Waals surface area contributed by atoms with E-state index in [1.807, 2.05) is 0 Å². The van der Waals surface area contributed by atoms with Crippen LogP contribution in [0.2, 0.25) is 0 Å². The van der Waals surface area contributed by atoms with Crippen LogP contribution < -0.4 is 5.73 Å². The van der Waals surface area contributed by atoms with Gasteiger partial charge in [0.05, 0.1) is 0 Å². The van der Waals surface area contributed by atoms with Crippen molar-refractivity contribution in [2.75, 3.05) is 13.1 Å². The largest absolute Gasteiger partial charge is 0.368 e. The number of ketones is 1. The Morgan fingerprint density at radius 3 is 2.64 bits per heavy atom. The normalized spacial score (nSPS) is 16.8. The first kappa shape index (κ1) is 19.7. The number of piperidine rings is 1. The van der Waals surface area contributed by atoms with E-state index in [0.29, 0.717) is 18.7 Å². The van der Waals surface area contributed by atoms with Crippen LogP contribution >= 0.6 is 0 Å².